The van der Waals surface area contributed by atoms with Gasteiger partial charge in [0, 0.05) is 32.7 Å². The van der Waals surface area contributed by atoms with E-state index in [0.717, 1.165) is 16.8 Å². The third-order valence-electron chi connectivity index (χ3n) is 6.16. The van der Waals surface area contributed by atoms with Crippen LogP contribution in [0.5, 0.6) is 0 Å². The lowest BCUT2D eigenvalue weighted by Crippen LogP contribution is -2.28. The first-order chi connectivity index (χ1) is 19.6. The second-order valence-electron chi connectivity index (χ2n) is 8.77. The minimum atomic E-state index is -0.440. The summed E-state index contributed by atoms with van der Waals surface area (Å²) < 4.78 is 0. The summed E-state index contributed by atoms with van der Waals surface area (Å²) in [6.07, 6.45) is 0. The monoisotopic (exact) mass is 561 g/mol. The van der Waals surface area contributed by atoms with Crippen LogP contribution in [-0.2, 0) is 4.79 Å². The molecule has 1 amide bonds. The molecule has 1 aliphatic heterocycles. The van der Waals surface area contributed by atoms with Gasteiger partial charge in [-0.3, -0.25) is 15.0 Å². The van der Waals surface area contributed by atoms with Gasteiger partial charge in [0.15, 0.2) is 11.5 Å². The molecule has 5 aromatic rings. The molecule has 0 unspecified atom stereocenters. The van der Waals surface area contributed by atoms with Crippen molar-refractivity contribution in [1.29, 1.82) is 0 Å². The van der Waals surface area contributed by atoms with Crippen LogP contribution in [0.1, 0.15) is 21.5 Å². The largest absolute Gasteiger partial charge is 0.303 e. The van der Waals surface area contributed by atoms with Gasteiger partial charge in [-0.15, -0.1) is 11.3 Å². The maximum atomic E-state index is 13.7. The van der Waals surface area contributed by atoms with E-state index < -0.39 is 5.91 Å². The van der Waals surface area contributed by atoms with Crippen LogP contribution in [0.25, 0.3) is 11.3 Å². The summed E-state index contributed by atoms with van der Waals surface area (Å²) in [5, 5.41) is 13.1. The van der Waals surface area contributed by atoms with E-state index in [2.05, 4.69) is 20.6 Å². The van der Waals surface area contributed by atoms with Crippen molar-refractivity contribution in [3.8, 4) is 11.3 Å². The fourth-order valence-corrected chi connectivity index (χ4v) is 5.13. The van der Waals surface area contributed by atoms with Crippen molar-refractivity contribution < 1.29 is 9.59 Å². The van der Waals surface area contributed by atoms with Gasteiger partial charge in [-0.25, -0.2) is 4.98 Å². The average molecular weight is 562 g/mol. The first-order valence-corrected chi connectivity index (χ1v) is 13.6. The van der Waals surface area contributed by atoms with E-state index in [9.17, 15) is 9.59 Å². The number of benzene rings is 4. The van der Waals surface area contributed by atoms with Gasteiger partial charge in [0.2, 0.25) is 5.13 Å². The summed E-state index contributed by atoms with van der Waals surface area (Å²) in [7, 11) is 0. The molecule has 6 rings (SSSR count). The average Bonchev–Trinajstić information content (AvgIpc) is 3.62. The Morgan fingerprint density at radius 3 is 2.20 bits per heavy atom. The van der Waals surface area contributed by atoms with Crippen molar-refractivity contribution >= 4 is 56.9 Å². The summed E-state index contributed by atoms with van der Waals surface area (Å²) >= 11 is 7.55. The molecule has 0 aliphatic carbocycles. The van der Waals surface area contributed by atoms with Crippen LogP contribution < -0.4 is 10.4 Å². The number of carbonyl (C=O) groups is 2. The van der Waals surface area contributed by atoms with Gasteiger partial charge in [0.1, 0.15) is 5.71 Å². The van der Waals surface area contributed by atoms with Crippen LogP contribution in [-0.4, -0.2) is 28.1 Å². The van der Waals surface area contributed by atoms with Crippen molar-refractivity contribution in [3.05, 3.63) is 136 Å². The molecule has 0 atom stereocenters. The van der Waals surface area contributed by atoms with E-state index in [0.29, 0.717) is 32.7 Å². The Morgan fingerprint density at radius 2 is 1.50 bits per heavy atom. The number of nitrogens with zero attached hydrogens (tertiary/aromatic N) is 4. The molecule has 194 valence electrons. The van der Waals surface area contributed by atoms with Gasteiger partial charge in [-0.2, -0.15) is 15.2 Å². The highest BCUT2D eigenvalue weighted by atomic mass is 35.5. The molecule has 0 spiro atoms. The Kier molecular flexibility index (Phi) is 7.01. The van der Waals surface area contributed by atoms with Gasteiger partial charge < -0.3 is 0 Å². The Balaban J connectivity index is 1.36. The molecular weight excluding hydrogens is 542 g/mol. The van der Waals surface area contributed by atoms with Gasteiger partial charge in [-0.1, -0.05) is 103 Å². The fourth-order valence-electron chi connectivity index (χ4n) is 4.18. The third-order valence-corrected chi connectivity index (χ3v) is 7.21. The first kappa shape index (κ1) is 25.4. The number of aromatic nitrogens is 1. The topological polar surface area (TPSA) is 87.0 Å². The molecule has 0 radical (unpaired) electrons. The standard InChI is InChI=1S/C31H20ClN5O2S/c32-23-16-17-25(24(18-23)29(38)22-14-8-3-9-15-22)34-35-28-27(21-12-6-2-7-13-21)36-37(30(28)39)31-33-26(19-40-31)20-10-4-1-5-11-20/h1-19,34H/b35-28-. The van der Waals surface area contributed by atoms with E-state index in [1.165, 1.54) is 16.3 Å². The molecule has 0 saturated carbocycles. The van der Waals surface area contributed by atoms with E-state index in [1.54, 1.807) is 42.5 Å². The number of hydrazone groups is 2. The minimum Gasteiger partial charge on any atom is -0.289 e. The molecule has 9 heteroatoms. The zero-order chi connectivity index (χ0) is 27.5. The second kappa shape index (κ2) is 11.1. The summed E-state index contributed by atoms with van der Waals surface area (Å²) in [5.74, 6) is -0.663. The van der Waals surface area contributed by atoms with Crippen LogP contribution in [0.3, 0.4) is 0 Å². The van der Waals surface area contributed by atoms with Gasteiger partial charge in [-0.05, 0) is 18.2 Å². The number of nitrogens with one attached hydrogen (secondary N) is 1. The van der Waals surface area contributed by atoms with Gasteiger partial charge in [0.25, 0.3) is 0 Å². The molecule has 0 saturated heterocycles. The van der Waals surface area contributed by atoms with E-state index in [-0.39, 0.29) is 11.5 Å². The highest BCUT2D eigenvalue weighted by Gasteiger charge is 2.36. The molecule has 4 aromatic carbocycles. The molecule has 0 bridgehead atoms. The molecule has 40 heavy (non-hydrogen) atoms. The zero-order valence-electron chi connectivity index (χ0n) is 20.9. The number of hydrogen-bond acceptors (Lipinski definition) is 7. The minimum absolute atomic E-state index is 0.0933. The number of amides is 1. The van der Waals surface area contributed by atoms with Crippen molar-refractivity contribution in [1.82, 2.24) is 4.98 Å². The number of ketones is 1. The number of anilines is 2. The Morgan fingerprint density at radius 1 is 0.850 bits per heavy atom. The van der Waals surface area contributed by atoms with Crippen LogP contribution in [0.4, 0.5) is 10.8 Å². The number of rotatable bonds is 7. The van der Waals surface area contributed by atoms with Crippen LogP contribution in [0.15, 0.2) is 125 Å². The van der Waals surface area contributed by atoms with Crippen LogP contribution >= 0.6 is 22.9 Å². The summed E-state index contributed by atoms with van der Waals surface area (Å²) in [6, 6.07) is 32.8. The highest BCUT2D eigenvalue weighted by Crippen LogP contribution is 2.30. The Labute approximate surface area is 239 Å². The van der Waals surface area contributed by atoms with Crippen molar-refractivity contribution in [2.45, 2.75) is 0 Å². The first-order valence-electron chi connectivity index (χ1n) is 12.3. The summed E-state index contributed by atoms with van der Waals surface area (Å²) in [5.41, 5.74) is 7.06. The quantitative estimate of drug-likeness (QED) is 0.173. The lowest BCUT2D eigenvalue weighted by molar-refractivity contribution is -0.112. The summed E-state index contributed by atoms with van der Waals surface area (Å²) in [6.45, 7) is 0. The molecule has 7 nitrogen and oxygen atoms in total. The van der Waals surface area contributed by atoms with Gasteiger partial charge in [0.05, 0.1) is 11.4 Å². The van der Waals surface area contributed by atoms with Gasteiger partial charge >= 0.3 is 5.91 Å². The zero-order valence-corrected chi connectivity index (χ0v) is 22.4. The maximum Gasteiger partial charge on any atom is 0.303 e. The Bertz CT molecular complexity index is 1770. The van der Waals surface area contributed by atoms with Crippen molar-refractivity contribution in [2.24, 2.45) is 10.2 Å². The maximum absolute atomic E-state index is 13.7. The van der Waals surface area contributed by atoms with Crippen LogP contribution in [0, 0.1) is 0 Å². The predicted molar refractivity (Wildman–Crippen MR) is 160 cm³/mol. The smallest absolute Gasteiger partial charge is 0.289 e. The van der Waals surface area contributed by atoms with Crippen LogP contribution in [0.2, 0.25) is 5.02 Å². The molecule has 2 heterocycles. The van der Waals surface area contributed by atoms with E-state index >= 15 is 0 Å². The van der Waals surface area contributed by atoms with E-state index in [1.807, 2.05) is 72.1 Å². The highest BCUT2D eigenvalue weighted by molar-refractivity contribution is 7.14. The van der Waals surface area contributed by atoms with Crippen molar-refractivity contribution in [3.63, 3.8) is 0 Å². The number of thiazole rings is 1. The van der Waals surface area contributed by atoms with Crippen molar-refractivity contribution in [2.75, 3.05) is 10.4 Å². The lowest BCUT2D eigenvalue weighted by atomic mass is 10.0. The molecular formula is C31H20ClN5O2S. The fraction of sp³-hybridized carbons (Fsp3) is 0. The number of carbonyl (C=O) groups excluding carboxylic acids is 2. The normalized spacial score (nSPS) is 13.9. The molecule has 1 N–H and O–H groups in total. The molecule has 0 fully saturated rings. The lowest BCUT2D eigenvalue weighted by Gasteiger charge is -2.10. The third kappa shape index (κ3) is 5.05. The number of hydrogen-bond donors (Lipinski definition) is 1. The molecule has 1 aromatic heterocycles. The SMILES string of the molecule is O=C(c1ccccc1)c1cc(Cl)ccc1N/N=C1\C(=O)N(c2nc(-c3ccccc3)cs2)N=C1c1ccccc1. The Hall–Kier alpha value is -4.92. The summed E-state index contributed by atoms with van der Waals surface area (Å²) in [4.78, 5) is 31.6. The van der Waals surface area contributed by atoms with E-state index in [4.69, 9.17) is 11.6 Å². The second-order valence-corrected chi connectivity index (χ2v) is 10.0. The predicted octanol–water partition coefficient (Wildman–Crippen LogP) is 6.91. The molecule has 1 aliphatic rings. The number of halogens is 1.